The molecule has 0 bridgehead atoms. The number of carboxylic acid groups (broad SMARTS) is 1. The first-order valence-electron chi connectivity index (χ1n) is 4.49. The van der Waals surface area contributed by atoms with Crippen molar-refractivity contribution in [1.82, 2.24) is 0 Å². The maximum Gasteiger partial charge on any atom is 0.335 e. The Morgan fingerprint density at radius 1 is 1.47 bits per heavy atom. The molecule has 78 valence electrons. The molecule has 1 N–H and O–H groups in total. The molecule has 0 saturated carbocycles. The summed E-state index contributed by atoms with van der Waals surface area (Å²) in [7, 11) is 0. The molecule has 0 aliphatic carbocycles. The molecule has 0 fully saturated rings. The third-order valence-corrected chi connectivity index (χ3v) is 3.43. The van der Waals surface area contributed by atoms with Crippen LogP contribution in [0.15, 0.2) is 24.3 Å². The molecule has 1 atom stereocenters. The number of aromatic carboxylic acids is 1. The molecular weight excluding hydrogens is 215 g/mol. The number of hydrogen-bond acceptors (Lipinski definition) is 2. The fourth-order valence-electron chi connectivity index (χ4n) is 1.38. The standard InChI is InChI=1S/C11H9FO2S/c1-6(12)9-4-7-2-3-8(11(13)14)5-10(7)15-9/h2-6H,1H3,(H,13,14). The van der Waals surface area contributed by atoms with Crippen LogP contribution in [0, 0.1) is 0 Å². The number of fused-ring (bicyclic) bond motifs is 1. The Kier molecular flexibility index (Phi) is 2.44. The van der Waals surface area contributed by atoms with Gasteiger partial charge in [-0.3, -0.25) is 0 Å². The van der Waals surface area contributed by atoms with Gasteiger partial charge in [0.25, 0.3) is 0 Å². The van der Waals surface area contributed by atoms with Gasteiger partial charge >= 0.3 is 5.97 Å². The highest BCUT2D eigenvalue weighted by molar-refractivity contribution is 7.19. The van der Waals surface area contributed by atoms with E-state index in [9.17, 15) is 9.18 Å². The molecule has 0 aliphatic rings. The lowest BCUT2D eigenvalue weighted by atomic mass is 10.1. The second kappa shape index (κ2) is 3.62. The van der Waals surface area contributed by atoms with Crippen molar-refractivity contribution in [2.45, 2.75) is 13.1 Å². The van der Waals surface area contributed by atoms with Crippen LogP contribution < -0.4 is 0 Å². The molecule has 0 radical (unpaired) electrons. The van der Waals surface area contributed by atoms with Crippen LogP contribution in [-0.4, -0.2) is 11.1 Å². The molecule has 1 unspecified atom stereocenters. The summed E-state index contributed by atoms with van der Waals surface area (Å²) < 4.78 is 13.8. The highest BCUT2D eigenvalue weighted by atomic mass is 32.1. The van der Waals surface area contributed by atoms with Gasteiger partial charge in [-0.05, 0) is 30.5 Å². The summed E-state index contributed by atoms with van der Waals surface area (Å²) in [5.41, 5.74) is 0.238. The monoisotopic (exact) mass is 224 g/mol. The van der Waals surface area contributed by atoms with Gasteiger partial charge in [0, 0.05) is 9.58 Å². The largest absolute Gasteiger partial charge is 0.478 e. The van der Waals surface area contributed by atoms with E-state index in [4.69, 9.17) is 5.11 Å². The second-order valence-electron chi connectivity index (χ2n) is 3.32. The van der Waals surface area contributed by atoms with E-state index in [2.05, 4.69) is 0 Å². The molecule has 2 aromatic rings. The minimum atomic E-state index is -1.00. The van der Waals surface area contributed by atoms with Crippen LogP contribution in [0.4, 0.5) is 4.39 Å². The SMILES string of the molecule is CC(F)c1cc2ccc(C(=O)O)cc2s1. The average molecular weight is 224 g/mol. The maximum atomic E-state index is 13.0. The number of halogens is 1. The first kappa shape index (κ1) is 10.1. The van der Waals surface area contributed by atoms with Gasteiger partial charge in [0.05, 0.1) is 5.56 Å². The predicted molar refractivity (Wildman–Crippen MR) is 58.3 cm³/mol. The summed E-state index contributed by atoms with van der Waals surface area (Å²) in [6.45, 7) is 1.48. The van der Waals surface area contributed by atoms with Crippen LogP contribution in [-0.2, 0) is 0 Å². The number of hydrogen-bond donors (Lipinski definition) is 1. The molecule has 15 heavy (non-hydrogen) atoms. The van der Waals surface area contributed by atoms with Crippen LogP contribution in [0.3, 0.4) is 0 Å². The number of rotatable bonds is 2. The zero-order valence-electron chi connectivity index (χ0n) is 8.03. The minimum absolute atomic E-state index is 0.238. The molecule has 0 aliphatic heterocycles. The molecule has 1 heterocycles. The van der Waals surface area contributed by atoms with Crippen molar-refractivity contribution in [2.75, 3.05) is 0 Å². The first-order valence-corrected chi connectivity index (χ1v) is 5.30. The molecule has 2 nitrogen and oxygen atoms in total. The maximum absolute atomic E-state index is 13.0. The lowest BCUT2D eigenvalue weighted by Crippen LogP contribution is -1.94. The van der Waals surface area contributed by atoms with Crippen LogP contribution in [0.25, 0.3) is 10.1 Å². The van der Waals surface area contributed by atoms with Gasteiger partial charge in [0.2, 0.25) is 0 Å². The van der Waals surface area contributed by atoms with Gasteiger partial charge in [-0.2, -0.15) is 0 Å². The van der Waals surface area contributed by atoms with Crippen molar-refractivity contribution < 1.29 is 14.3 Å². The molecule has 4 heteroatoms. The van der Waals surface area contributed by atoms with E-state index < -0.39 is 12.1 Å². The summed E-state index contributed by atoms with van der Waals surface area (Å²) in [6, 6.07) is 6.58. The Morgan fingerprint density at radius 3 is 2.80 bits per heavy atom. The first-order chi connectivity index (χ1) is 7.08. The van der Waals surface area contributed by atoms with E-state index in [1.165, 1.54) is 24.3 Å². The third kappa shape index (κ3) is 1.85. The van der Waals surface area contributed by atoms with E-state index in [1.807, 2.05) is 0 Å². The average Bonchev–Trinajstić information content (AvgIpc) is 2.59. The predicted octanol–water partition coefficient (Wildman–Crippen LogP) is 3.63. The Bertz CT molecular complexity index is 516. The van der Waals surface area contributed by atoms with Gasteiger partial charge in [-0.15, -0.1) is 11.3 Å². The zero-order valence-corrected chi connectivity index (χ0v) is 8.84. The van der Waals surface area contributed by atoms with Gasteiger partial charge in [0.15, 0.2) is 0 Å². The highest BCUT2D eigenvalue weighted by Gasteiger charge is 2.10. The van der Waals surface area contributed by atoms with Gasteiger partial charge in [-0.25, -0.2) is 9.18 Å². The quantitative estimate of drug-likeness (QED) is 0.845. The van der Waals surface area contributed by atoms with E-state index in [-0.39, 0.29) is 5.56 Å². The summed E-state index contributed by atoms with van der Waals surface area (Å²) in [5.74, 6) is -0.958. The van der Waals surface area contributed by atoms with Crippen molar-refractivity contribution in [3.63, 3.8) is 0 Å². The number of carbonyl (C=O) groups is 1. The summed E-state index contributed by atoms with van der Waals surface area (Å²) >= 11 is 1.30. The van der Waals surface area contributed by atoms with Crippen LogP contribution in [0.5, 0.6) is 0 Å². The Morgan fingerprint density at radius 2 is 2.20 bits per heavy atom. The Hall–Kier alpha value is -1.42. The van der Waals surface area contributed by atoms with Crippen molar-refractivity contribution in [1.29, 1.82) is 0 Å². The molecule has 0 saturated heterocycles. The number of alkyl halides is 1. The smallest absolute Gasteiger partial charge is 0.335 e. The molecule has 1 aromatic heterocycles. The van der Waals surface area contributed by atoms with Crippen molar-refractivity contribution in [3.8, 4) is 0 Å². The topological polar surface area (TPSA) is 37.3 Å². The lowest BCUT2D eigenvalue weighted by molar-refractivity contribution is 0.0697. The van der Waals surface area contributed by atoms with Crippen molar-refractivity contribution >= 4 is 27.4 Å². The summed E-state index contributed by atoms with van der Waals surface area (Å²) in [5, 5.41) is 9.68. The second-order valence-corrected chi connectivity index (χ2v) is 4.44. The van der Waals surface area contributed by atoms with Gasteiger partial charge < -0.3 is 5.11 Å². The molecular formula is C11H9FO2S. The fraction of sp³-hybridized carbons (Fsp3) is 0.182. The van der Waals surface area contributed by atoms with E-state index in [0.29, 0.717) is 4.88 Å². The van der Waals surface area contributed by atoms with Gasteiger partial charge in [-0.1, -0.05) is 6.07 Å². The number of thiophene rings is 1. The minimum Gasteiger partial charge on any atom is -0.478 e. The Labute approximate surface area is 90.0 Å². The van der Waals surface area contributed by atoms with Crippen LogP contribution >= 0.6 is 11.3 Å². The molecule has 0 spiro atoms. The molecule has 0 amide bonds. The third-order valence-electron chi connectivity index (χ3n) is 2.18. The fourth-order valence-corrected chi connectivity index (χ4v) is 2.41. The van der Waals surface area contributed by atoms with E-state index >= 15 is 0 Å². The number of carboxylic acids is 1. The van der Waals surface area contributed by atoms with Crippen molar-refractivity contribution in [3.05, 3.63) is 34.7 Å². The lowest BCUT2D eigenvalue weighted by Gasteiger charge is -1.93. The van der Waals surface area contributed by atoms with Gasteiger partial charge in [0.1, 0.15) is 6.17 Å². The molecule has 2 rings (SSSR count). The number of benzene rings is 1. The normalized spacial score (nSPS) is 12.9. The van der Waals surface area contributed by atoms with Crippen LogP contribution in [0.2, 0.25) is 0 Å². The highest BCUT2D eigenvalue weighted by Crippen LogP contribution is 2.31. The van der Waals surface area contributed by atoms with Crippen molar-refractivity contribution in [2.24, 2.45) is 0 Å². The van der Waals surface area contributed by atoms with Crippen LogP contribution in [0.1, 0.15) is 28.3 Å². The Balaban J connectivity index is 2.57. The molecule has 1 aromatic carbocycles. The summed E-state index contributed by atoms with van der Waals surface area (Å²) in [4.78, 5) is 11.3. The summed E-state index contributed by atoms with van der Waals surface area (Å²) in [6.07, 6.45) is -1.00. The zero-order chi connectivity index (χ0) is 11.0. The van der Waals surface area contributed by atoms with E-state index in [0.717, 1.165) is 10.1 Å². The van der Waals surface area contributed by atoms with E-state index in [1.54, 1.807) is 18.2 Å².